The minimum absolute atomic E-state index is 0.0737. The van der Waals surface area contributed by atoms with E-state index >= 15 is 0 Å². The minimum Gasteiger partial charge on any atom is -0.481 e. The highest BCUT2D eigenvalue weighted by Gasteiger charge is 2.07. The van der Waals surface area contributed by atoms with E-state index in [1.807, 2.05) is 50.2 Å². The first-order valence-electron chi connectivity index (χ1n) is 7.74. The fourth-order valence-corrected chi connectivity index (χ4v) is 3.17. The Labute approximate surface area is 146 Å². The molecule has 0 bridgehead atoms. The van der Waals surface area contributed by atoms with E-state index < -0.39 is 5.97 Å². The van der Waals surface area contributed by atoms with Crippen molar-refractivity contribution in [1.29, 1.82) is 0 Å². The van der Waals surface area contributed by atoms with Crippen LogP contribution in [0.4, 0.5) is 5.69 Å². The number of thioether (sulfide) groups is 1. The Morgan fingerprint density at radius 2 is 1.92 bits per heavy atom. The van der Waals surface area contributed by atoms with Crippen LogP contribution in [0, 0.1) is 13.8 Å². The first-order chi connectivity index (χ1) is 11.4. The number of carbonyl (C=O) groups excluding carboxylic acids is 1. The zero-order valence-corrected chi connectivity index (χ0v) is 14.7. The van der Waals surface area contributed by atoms with E-state index in [1.54, 1.807) is 0 Å². The van der Waals surface area contributed by atoms with Crippen LogP contribution in [0.1, 0.15) is 23.1 Å². The van der Waals surface area contributed by atoms with Crippen molar-refractivity contribution in [3.63, 3.8) is 0 Å². The van der Waals surface area contributed by atoms with Crippen LogP contribution in [-0.2, 0) is 16.0 Å². The second-order valence-corrected chi connectivity index (χ2v) is 6.72. The molecule has 0 aliphatic rings. The van der Waals surface area contributed by atoms with Gasteiger partial charge in [0.2, 0.25) is 5.91 Å². The topological polar surface area (TPSA) is 66.4 Å². The zero-order valence-electron chi connectivity index (χ0n) is 13.8. The number of benzene rings is 2. The lowest BCUT2D eigenvalue weighted by Crippen LogP contribution is -2.14. The summed E-state index contributed by atoms with van der Waals surface area (Å²) in [6.07, 6.45) is 0.538. The van der Waals surface area contributed by atoms with Gasteiger partial charge in [-0.1, -0.05) is 29.8 Å². The third kappa shape index (κ3) is 5.74. The molecule has 24 heavy (non-hydrogen) atoms. The predicted molar refractivity (Wildman–Crippen MR) is 97.7 cm³/mol. The lowest BCUT2D eigenvalue weighted by atomic mass is 10.1. The van der Waals surface area contributed by atoms with Crippen LogP contribution < -0.4 is 5.32 Å². The largest absolute Gasteiger partial charge is 0.481 e. The molecule has 2 aromatic rings. The first kappa shape index (κ1) is 18.1. The van der Waals surface area contributed by atoms with Crippen molar-refractivity contribution in [2.24, 2.45) is 0 Å². The van der Waals surface area contributed by atoms with Gasteiger partial charge in [0, 0.05) is 17.0 Å². The maximum atomic E-state index is 12.1. The quantitative estimate of drug-likeness (QED) is 0.744. The molecule has 126 valence electrons. The Bertz CT molecular complexity index is 743. The molecule has 2 rings (SSSR count). The van der Waals surface area contributed by atoms with Gasteiger partial charge in [-0.15, -0.1) is 11.8 Å². The number of hydrogen-bond donors (Lipinski definition) is 2. The van der Waals surface area contributed by atoms with Gasteiger partial charge in [0.15, 0.2) is 0 Å². The first-order valence-corrected chi connectivity index (χ1v) is 8.73. The van der Waals surface area contributed by atoms with Crippen molar-refractivity contribution < 1.29 is 14.7 Å². The normalized spacial score (nSPS) is 10.4. The number of anilines is 1. The minimum atomic E-state index is -0.825. The number of carbonyl (C=O) groups is 2. The van der Waals surface area contributed by atoms with Crippen molar-refractivity contribution >= 4 is 29.3 Å². The second kappa shape index (κ2) is 8.55. The highest BCUT2D eigenvalue weighted by atomic mass is 32.2. The highest BCUT2D eigenvalue weighted by molar-refractivity contribution is 8.00. The molecule has 0 heterocycles. The fourth-order valence-electron chi connectivity index (χ4n) is 2.36. The number of aryl methyl sites for hydroxylation is 3. The molecule has 5 heteroatoms. The number of aliphatic carboxylic acids is 1. The molecule has 0 saturated carbocycles. The summed E-state index contributed by atoms with van der Waals surface area (Å²) in [5, 5.41) is 11.6. The summed E-state index contributed by atoms with van der Waals surface area (Å²) in [5.74, 6) is -0.562. The number of rotatable bonds is 7. The Hall–Kier alpha value is -2.27. The van der Waals surface area contributed by atoms with E-state index in [4.69, 9.17) is 5.11 Å². The lowest BCUT2D eigenvalue weighted by molar-refractivity contribution is -0.137. The van der Waals surface area contributed by atoms with Gasteiger partial charge in [-0.05, 0) is 49.6 Å². The number of nitrogens with one attached hydrogen (secondary N) is 1. The second-order valence-electron chi connectivity index (χ2n) is 5.70. The van der Waals surface area contributed by atoms with Crippen LogP contribution in [0.2, 0.25) is 0 Å². The van der Waals surface area contributed by atoms with Crippen LogP contribution in [0.25, 0.3) is 0 Å². The summed E-state index contributed by atoms with van der Waals surface area (Å²) in [6, 6.07) is 13.5. The number of carboxylic acid groups (broad SMARTS) is 1. The van der Waals surface area contributed by atoms with E-state index in [0.717, 1.165) is 10.5 Å². The average Bonchev–Trinajstić information content (AvgIpc) is 2.52. The molecule has 0 aliphatic heterocycles. The molecule has 0 fully saturated rings. The van der Waals surface area contributed by atoms with Crippen LogP contribution >= 0.6 is 11.8 Å². The molecular formula is C19H21NO3S. The van der Waals surface area contributed by atoms with E-state index in [0.29, 0.717) is 17.9 Å². The van der Waals surface area contributed by atoms with Gasteiger partial charge in [-0.2, -0.15) is 0 Å². The van der Waals surface area contributed by atoms with E-state index in [9.17, 15) is 9.59 Å². The van der Waals surface area contributed by atoms with Crippen molar-refractivity contribution in [3.8, 4) is 0 Å². The summed E-state index contributed by atoms with van der Waals surface area (Å²) in [5.41, 5.74) is 3.98. The van der Waals surface area contributed by atoms with Gasteiger partial charge in [0.1, 0.15) is 0 Å². The highest BCUT2D eigenvalue weighted by Crippen LogP contribution is 2.23. The number of carboxylic acids is 1. The Morgan fingerprint density at radius 1 is 1.12 bits per heavy atom. The monoisotopic (exact) mass is 343 g/mol. The van der Waals surface area contributed by atoms with Gasteiger partial charge < -0.3 is 10.4 Å². The van der Waals surface area contributed by atoms with E-state index in [1.165, 1.54) is 22.9 Å². The van der Waals surface area contributed by atoms with Crippen LogP contribution in [0.15, 0.2) is 47.4 Å². The van der Waals surface area contributed by atoms with Crippen molar-refractivity contribution in [1.82, 2.24) is 0 Å². The molecule has 2 aromatic carbocycles. The van der Waals surface area contributed by atoms with Crippen molar-refractivity contribution in [2.45, 2.75) is 31.6 Å². The van der Waals surface area contributed by atoms with Gasteiger partial charge in [-0.25, -0.2) is 0 Å². The van der Waals surface area contributed by atoms with Crippen molar-refractivity contribution in [3.05, 3.63) is 59.2 Å². The summed E-state index contributed by atoms with van der Waals surface area (Å²) in [6.45, 7) is 4.09. The molecule has 0 aromatic heterocycles. The third-order valence-corrected chi connectivity index (χ3v) is 4.70. The molecule has 0 radical (unpaired) electrons. The van der Waals surface area contributed by atoms with Crippen LogP contribution in [0.3, 0.4) is 0 Å². The van der Waals surface area contributed by atoms with Crippen LogP contribution in [-0.4, -0.2) is 22.7 Å². The number of amides is 1. The summed E-state index contributed by atoms with van der Waals surface area (Å²) in [7, 11) is 0. The lowest BCUT2D eigenvalue weighted by Gasteiger charge is -2.09. The van der Waals surface area contributed by atoms with Crippen LogP contribution in [0.5, 0.6) is 0 Å². The summed E-state index contributed by atoms with van der Waals surface area (Å²) < 4.78 is 0. The molecule has 0 unspecified atom stereocenters. The van der Waals surface area contributed by atoms with Gasteiger partial charge >= 0.3 is 5.97 Å². The number of hydrogen-bond acceptors (Lipinski definition) is 3. The zero-order chi connectivity index (χ0) is 17.5. The molecule has 0 atom stereocenters. The van der Waals surface area contributed by atoms with E-state index in [2.05, 4.69) is 11.4 Å². The Morgan fingerprint density at radius 3 is 2.62 bits per heavy atom. The Kier molecular flexibility index (Phi) is 6.44. The van der Waals surface area contributed by atoms with E-state index in [-0.39, 0.29) is 12.3 Å². The maximum Gasteiger partial charge on any atom is 0.303 e. The fraction of sp³-hybridized carbons (Fsp3) is 0.263. The molecule has 4 nitrogen and oxygen atoms in total. The predicted octanol–water partition coefficient (Wildman–Crippen LogP) is 4.05. The third-order valence-electron chi connectivity index (χ3n) is 3.53. The molecule has 1 amide bonds. The average molecular weight is 343 g/mol. The van der Waals surface area contributed by atoms with Crippen molar-refractivity contribution in [2.75, 3.05) is 11.1 Å². The molecule has 0 saturated heterocycles. The Balaban J connectivity index is 1.90. The smallest absolute Gasteiger partial charge is 0.303 e. The molecule has 2 N–H and O–H groups in total. The molecular weight excluding hydrogens is 322 g/mol. The standard InChI is InChI=1S/C19H21NO3S/c1-13-6-8-17(14(2)10-13)24-12-18(21)20-16-5-3-4-15(11-16)7-9-19(22)23/h3-6,8,10-11H,7,9,12H2,1-2H3,(H,20,21)(H,22,23). The molecule has 0 aliphatic carbocycles. The van der Waals surface area contributed by atoms with Gasteiger partial charge in [0.05, 0.1) is 5.75 Å². The summed E-state index contributed by atoms with van der Waals surface area (Å²) in [4.78, 5) is 23.8. The SMILES string of the molecule is Cc1ccc(SCC(=O)Nc2cccc(CCC(=O)O)c2)c(C)c1. The van der Waals surface area contributed by atoms with Gasteiger partial charge in [-0.3, -0.25) is 9.59 Å². The summed E-state index contributed by atoms with van der Waals surface area (Å²) >= 11 is 1.51. The van der Waals surface area contributed by atoms with Gasteiger partial charge in [0.25, 0.3) is 0 Å². The molecule has 0 spiro atoms. The maximum absolute atomic E-state index is 12.1.